The third-order valence-electron chi connectivity index (χ3n) is 3.15. The molecule has 0 aliphatic carbocycles. The summed E-state index contributed by atoms with van der Waals surface area (Å²) in [5.41, 5.74) is -0.993. The zero-order valence-corrected chi connectivity index (χ0v) is 12.5. The Morgan fingerprint density at radius 1 is 1.53 bits per heavy atom. The van der Waals surface area contributed by atoms with Crippen LogP contribution in [0.25, 0.3) is 0 Å². The second-order valence-electron chi connectivity index (χ2n) is 6.26. The van der Waals surface area contributed by atoms with Gasteiger partial charge in [0.2, 0.25) is 0 Å². The van der Waals surface area contributed by atoms with Crippen LogP contribution in [0.15, 0.2) is 0 Å². The van der Waals surface area contributed by atoms with Gasteiger partial charge in [0.25, 0.3) is 0 Å². The molecule has 108 valence electrons. The van der Waals surface area contributed by atoms with Gasteiger partial charge in [-0.2, -0.15) is 5.26 Å². The number of ether oxygens (including phenoxy) is 2. The van der Waals surface area contributed by atoms with Gasteiger partial charge in [0, 0.05) is 13.2 Å². The number of hydrogen-bond acceptors (Lipinski definition) is 4. The molecule has 19 heavy (non-hydrogen) atoms. The Balaban J connectivity index is 2.83. The average Bonchev–Trinajstić information content (AvgIpc) is 2.62. The molecular weight excluding hydrogens is 244 g/mol. The lowest BCUT2D eigenvalue weighted by atomic mass is 9.96. The first-order valence-corrected chi connectivity index (χ1v) is 6.70. The van der Waals surface area contributed by atoms with Gasteiger partial charge in [-0.15, -0.1) is 0 Å². The van der Waals surface area contributed by atoms with Crippen molar-refractivity contribution in [3.63, 3.8) is 0 Å². The van der Waals surface area contributed by atoms with Crippen LogP contribution in [0.1, 0.15) is 41.0 Å². The smallest absolute Gasteiger partial charge is 0.410 e. The van der Waals surface area contributed by atoms with Gasteiger partial charge in [-0.3, -0.25) is 4.90 Å². The molecule has 1 saturated heterocycles. The van der Waals surface area contributed by atoms with Crippen molar-refractivity contribution in [2.75, 3.05) is 19.8 Å². The largest absolute Gasteiger partial charge is 0.444 e. The van der Waals surface area contributed by atoms with Crippen molar-refractivity contribution in [1.82, 2.24) is 4.90 Å². The fraction of sp³-hybridized carbons (Fsp3) is 0.857. The minimum Gasteiger partial charge on any atom is -0.444 e. The monoisotopic (exact) mass is 268 g/mol. The lowest BCUT2D eigenvalue weighted by Gasteiger charge is -2.35. The molecule has 1 amide bonds. The van der Waals surface area contributed by atoms with Gasteiger partial charge in [0.05, 0.1) is 24.1 Å². The topological polar surface area (TPSA) is 62.6 Å². The Hall–Kier alpha value is -1.28. The van der Waals surface area contributed by atoms with E-state index in [9.17, 15) is 4.79 Å². The number of carbonyl (C=O) groups excluding carboxylic acids is 1. The van der Waals surface area contributed by atoms with E-state index in [2.05, 4.69) is 6.07 Å². The Morgan fingerprint density at radius 3 is 2.63 bits per heavy atom. The van der Waals surface area contributed by atoms with E-state index < -0.39 is 11.1 Å². The number of rotatable bonds is 3. The van der Waals surface area contributed by atoms with Crippen LogP contribution in [-0.4, -0.2) is 41.9 Å². The van der Waals surface area contributed by atoms with E-state index in [1.165, 1.54) is 0 Å². The summed E-state index contributed by atoms with van der Waals surface area (Å²) < 4.78 is 10.9. The zero-order valence-electron chi connectivity index (χ0n) is 12.5. The molecule has 1 aliphatic rings. The van der Waals surface area contributed by atoms with Gasteiger partial charge in [-0.1, -0.05) is 0 Å². The van der Waals surface area contributed by atoms with Gasteiger partial charge >= 0.3 is 6.09 Å². The van der Waals surface area contributed by atoms with Gasteiger partial charge in [0.1, 0.15) is 5.60 Å². The van der Waals surface area contributed by atoms with Crippen LogP contribution in [0.2, 0.25) is 0 Å². The first-order chi connectivity index (χ1) is 8.72. The number of nitrogens with zero attached hydrogens (tertiary/aromatic N) is 2. The van der Waals surface area contributed by atoms with E-state index in [1.807, 2.05) is 34.6 Å². The quantitative estimate of drug-likeness (QED) is 0.789. The van der Waals surface area contributed by atoms with Crippen molar-refractivity contribution in [3.05, 3.63) is 0 Å². The number of likely N-dealkylation sites (tertiary alicyclic amines) is 1. The molecule has 0 spiro atoms. The summed E-state index contributed by atoms with van der Waals surface area (Å²) in [6.45, 7) is 10.8. The Kier molecular flexibility index (Phi) is 4.81. The third-order valence-corrected chi connectivity index (χ3v) is 3.15. The van der Waals surface area contributed by atoms with E-state index in [0.717, 1.165) is 0 Å². The highest BCUT2D eigenvalue weighted by Gasteiger charge is 2.46. The first-order valence-electron chi connectivity index (χ1n) is 6.70. The summed E-state index contributed by atoms with van der Waals surface area (Å²) in [6.07, 6.45) is 0.260. The Bertz CT molecular complexity index is 370. The average molecular weight is 268 g/mol. The highest BCUT2D eigenvalue weighted by Crippen LogP contribution is 2.34. The summed E-state index contributed by atoms with van der Waals surface area (Å²) in [7, 11) is 0. The van der Waals surface area contributed by atoms with E-state index >= 15 is 0 Å². The number of hydrogen-bond donors (Lipinski definition) is 0. The van der Waals surface area contributed by atoms with Crippen molar-refractivity contribution in [3.8, 4) is 6.07 Å². The number of amides is 1. The van der Waals surface area contributed by atoms with E-state index in [4.69, 9.17) is 14.7 Å². The molecule has 0 N–H and O–H groups in total. The molecule has 1 heterocycles. The predicted octanol–water partition coefficient (Wildman–Crippen LogP) is 2.56. The predicted molar refractivity (Wildman–Crippen MR) is 71.6 cm³/mol. The fourth-order valence-electron chi connectivity index (χ4n) is 2.30. The van der Waals surface area contributed by atoms with Crippen LogP contribution in [0.4, 0.5) is 4.79 Å². The number of nitriles is 1. The summed E-state index contributed by atoms with van der Waals surface area (Å²) in [6, 6.07) is 2.24. The molecule has 2 atom stereocenters. The molecule has 0 aromatic heterocycles. The highest BCUT2D eigenvalue weighted by molar-refractivity contribution is 5.70. The standard InChI is InChI=1S/C14H24N2O3/c1-6-18-10-14(5)7-11(8-15)9-16(14)12(17)19-13(2,3)4/h11H,6-7,9-10H2,1-5H3/t11-,14+/m1/s1. The highest BCUT2D eigenvalue weighted by atomic mass is 16.6. The van der Waals surface area contributed by atoms with E-state index in [-0.39, 0.29) is 12.0 Å². The van der Waals surface area contributed by atoms with Gasteiger partial charge in [0.15, 0.2) is 0 Å². The third kappa shape index (κ3) is 4.10. The van der Waals surface area contributed by atoms with Crippen molar-refractivity contribution < 1.29 is 14.3 Å². The molecule has 0 saturated carbocycles. The lowest BCUT2D eigenvalue weighted by molar-refractivity contribution is -0.0114. The van der Waals surface area contributed by atoms with Crippen LogP contribution in [-0.2, 0) is 9.47 Å². The van der Waals surface area contributed by atoms with Crippen LogP contribution in [0.5, 0.6) is 0 Å². The first kappa shape index (κ1) is 15.8. The van der Waals surface area contributed by atoms with Crippen molar-refractivity contribution >= 4 is 6.09 Å². The minimum absolute atomic E-state index is 0.155. The second-order valence-corrected chi connectivity index (χ2v) is 6.26. The molecule has 0 aromatic rings. The normalized spacial score (nSPS) is 27.2. The lowest BCUT2D eigenvalue weighted by Crippen LogP contribution is -2.50. The molecule has 0 unspecified atom stereocenters. The van der Waals surface area contributed by atoms with Crippen LogP contribution in [0.3, 0.4) is 0 Å². The van der Waals surface area contributed by atoms with E-state index in [0.29, 0.717) is 26.2 Å². The SMILES string of the molecule is CCOC[C@]1(C)C[C@H](C#N)CN1C(=O)OC(C)(C)C. The molecule has 5 nitrogen and oxygen atoms in total. The summed E-state index contributed by atoms with van der Waals surface area (Å²) in [5.74, 6) is -0.155. The molecule has 0 bridgehead atoms. The second kappa shape index (κ2) is 5.79. The molecular formula is C14H24N2O3. The van der Waals surface area contributed by atoms with Crippen molar-refractivity contribution in [1.29, 1.82) is 5.26 Å². The molecule has 0 aromatic carbocycles. The number of carbonyl (C=O) groups is 1. The maximum Gasteiger partial charge on any atom is 0.410 e. The van der Waals surface area contributed by atoms with E-state index in [1.54, 1.807) is 4.90 Å². The van der Waals surface area contributed by atoms with Crippen LogP contribution in [0, 0.1) is 17.2 Å². The molecule has 1 aliphatic heterocycles. The molecule has 0 radical (unpaired) electrons. The molecule has 1 rings (SSSR count). The minimum atomic E-state index is -0.533. The molecule has 5 heteroatoms. The van der Waals surface area contributed by atoms with Gasteiger partial charge < -0.3 is 9.47 Å². The zero-order chi connectivity index (χ0) is 14.7. The summed E-state index contributed by atoms with van der Waals surface area (Å²) >= 11 is 0. The van der Waals surface area contributed by atoms with Crippen LogP contribution >= 0.6 is 0 Å². The van der Waals surface area contributed by atoms with Gasteiger partial charge in [-0.05, 0) is 41.0 Å². The summed E-state index contributed by atoms with van der Waals surface area (Å²) in [4.78, 5) is 13.9. The Morgan fingerprint density at radius 2 is 2.16 bits per heavy atom. The van der Waals surface area contributed by atoms with Gasteiger partial charge in [-0.25, -0.2) is 4.79 Å². The van der Waals surface area contributed by atoms with Crippen LogP contribution < -0.4 is 0 Å². The van der Waals surface area contributed by atoms with Crippen molar-refractivity contribution in [2.24, 2.45) is 5.92 Å². The van der Waals surface area contributed by atoms with Crippen molar-refractivity contribution in [2.45, 2.75) is 52.2 Å². The maximum absolute atomic E-state index is 12.2. The molecule has 1 fully saturated rings. The summed E-state index contributed by atoms with van der Waals surface area (Å²) in [5, 5.41) is 9.09. The fourth-order valence-corrected chi connectivity index (χ4v) is 2.30. The maximum atomic E-state index is 12.2. The Labute approximate surface area is 115 Å².